The van der Waals surface area contributed by atoms with E-state index in [-0.39, 0.29) is 12.7 Å². The van der Waals surface area contributed by atoms with Crippen LogP contribution in [0.1, 0.15) is 16.7 Å². The van der Waals surface area contributed by atoms with Crippen LogP contribution in [0.5, 0.6) is 17.2 Å². The molecule has 0 aliphatic carbocycles. The second kappa shape index (κ2) is 6.59. The highest BCUT2D eigenvalue weighted by Gasteiger charge is 2.32. The van der Waals surface area contributed by atoms with Crippen molar-refractivity contribution in [2.24, 2.45) is 0 Å². The highest BCUT2D eigenvalue weighted by atomic mass is 32.1. The Kier molecular flexibility index (Phi) is 4.24. The van der Waals surface area contributed by atoms with E-state index >= 15 is 0 Å². The average Bonchev–Trinajstić information content (AvgIpc) is 3.21. The van der Waals surface area contributed by atoms with Gasteiger partial charge >= 0.3 is 0 Å². The molecule has 0 unspecified atom stereocenters. The Bertz CT molecular complexity index is 1000. The molecular formula is C20H18N2O4S. The minimum atomic E-state index is -0.219. The summed E-state index contributed by atoms with van der Waals surface area (Å²) in [6.45, 7) is 4.20. The zero-order chi connectivity index (χ0) is 19.1. The summed E-state index contributed by atoms with van der Waals surface area (Å²) in [6.07, 6.45) is 1.70. The van der Waals surface area contributed by atoms with Crippen molar-refractivity contribution >= 4 is 35.0 Å². The van der Waals surface area contributed by atoms with Crippen molar-refractivity contribution in [3.8, 4) is 17.2 Å². The molecule has 27 heavy (non-hydrogen) atoms. The van der Waals surface area contributed by atoms with Gasteiger partial charge in [-0.2, -0.15) is 0 Å². The highest BCUT2D eigenvalue weighted by molar-refractivity contribution is 7.80. The van der Waals surface area contributed by atoms with Gasteiger partial charge in [0.1, 0.15) is 11.4 Å². The zero-order valence-corrected chi connectivity index (χ0v) is 16.0. The number of methoxy groups -OCH3 is 1. The van der Waals surface area contributed by atoms with E-state index in [1.54, 1.807) is 25.3 Å². The quantitative estimate of drug-likeness (QED) is 0.649. The van der Waals surface area contributed by atoms with Gasteiger partial charge in [-0.05, 0) is 61.5 Å². The predicted octanol–water partition coefficient (Wildman–Crippen LogP) is 3.30. The van der Waals surface area contributed by atoms with E-state index < -0.39 is 0 Å². The molecule has 0 spiro atoms. The Morgan fingerprint density at radius 1 is 1.15 bits per heavy atom. The Hall–Kier alpha value is -3.06. The van der Waals surface area contributed by atoms with Gasteiger partial charge in [-0.25, -0.2) is 0 Å². The number of rotatable bonds is 3. The topological polar surface area (TPSA) is 60.0 Å². The van der Waals surface area contributed by atoms with Crippen LogP contribution in [0.2, 0.25) is 0 Å². The van der Waals surface area contributed by atoms with E-state index in [0.717, 1.165) is 16.8 Å². The van der Waals surface area contributed by atoms with Crippen molar-refractivity contribution in [2.45, 2.75) is 13.8 Å². The van der Waals surface area contributed by atoms with E-state index in [9.17, 15) is 4.79 Å². The number of thiocarbonyl (C=S) groups is 1. The number of hydrogen-bond acceptors (Lipinski definition) is 5. The Labute approximate surface area is 162 Å². The zero-order valence-electron chi connectivity index (χ0n) is 15.2. The monoisotopic (exact) mass is 382 g/mol. The summed E-state index contributed by atoms with van der Waals surface area (Å²) in [5, 5.41) is 3.34. The molecule has 0 aromatic heterocycles. The normalized spacial score (nSPS) is 16.9. The molecule has 138 valence electrons. The van der Waals surface area contributed by atoms with E-state index in [1.807, 2.05) is 32.0 Å². The van der Waals surface area contributed by atoms with Crippen LogP contribution >= 0.6 is 12.2 Å². The van der Waals surface area contributed by atoms with E-state index in [4.69, 9.17) is 26.4 Å². The molecule has 1 amide bonds. The van der Waals surface area contributed by atoms with E-state index in [2.05, 4.69) is 5.32 Å². The first-order valence-electron chi connectivity index (χ1n) is 8.40. The minimum absolute atomic E-state index is 0.167. The molecule has 7 heteroatoms. The van der Waals surface area contributed by atoms with Crippen molar-refractivity contribution in [3.05, 3.63) is 52.7 Å². The van der Waals surface area contributed by atoms with Gasteiger partial charge in [0, 0.05) is 11.6 Å². The maximum Gasteiger partial charge on any atom is 0.281 e. The molecule has 2 aliphatic heterocycles. The summed E-state index contributed by atoms with van der Waals surface area (Å²) in [5.41, 5.74) is 4.06. The molecule has 0 radical (unpaired) electrons. The number of carbonyl (C=O) groups excluding carboxylic acids is 1. The van der Waals surface area contributed by atoms with Crippen LogP contribution in [-0.4, -0.2) is 24.9 Å². The summed E-state index contributed by atoms with van der Waals surface area (Å²) in [5.74, 6) is 1.59. The van der Waals surface area contributed by atoms with Crippen molar-refractivity contribution in [3.63, 3.8) is 0 Å². The van der Waals surface area contributed by atoms with Crippen molar-refractivity contribution < 1.29 is 19.0 Å². The van der Waals surface area contributed by atoms with Crippen LogP contribution in [0.4, 0.5) is 5.69 Å². The molecule has 1 saturated heterocycles. The predicted molar refractivity (Wildman–Crippen MR) is 106 cm³/mol. The summed E-state index contributed by atoms with van der Waals surface area (Å²) < 4.78 is 16.2. The van der Waals surface area contributed by atoms with Gasteiger partial charge in [-0.1, -0.05) is 6.07 Å². The highest BCUT2D eigenvalue weighted by Crippen LogP contribution is 2.39. The molecule has 0 bridgehead atoms. The Balaban J connectivity index is 1.70. The fourth-order valence-electron chi connectivity index (χ4n) is 3.02. The number of carbonyl (C=O) groups is 1. The number of fused-ring (bicyclic) bond motifs is 1. The molecule has 2 aromatic carbocycles. The van der Waals surface area contributed by atoms with Gasteiger partial charge in [0.05, 0.1) is 12.8 Å². The maximum absolute atomic E-state index is 13.0. The van der Waals surface area contributed by atoms with Crippen molar-refractivity contribution in [1.82, 2.24) is 5.32 Å². The van der Waals surface area contributed by atoms with Crippen LogP contribution in [0.3, 0.4) is 0 Å². The van der Waals surface area contributed by atoms with Crippen LogP contribution in [0.25, 0.3) is 6.08 Å². The van der Waals surface area contributed by atoms with Gasteiger partial charge in [0.2, 0.25) is 6.79 Å². The molecule has 2 aromatic rings. The van der Waals surface area contributed by atoms with E-state index in [1.165, 1.54) is 4.90 Å². The SMILES string of the molecule is COc1cc2c(cc1/C=C1\NC(=S)N(c3ccc(C)c(C)c3)C1=O)OCO2. The number of hydrogen-bond donors (Lipinski definition) is 1. The third-order valence-corrected chi connectivity index (χ3v) is 4.94. The third-order valence-electron chi connectivity index (χ3n) is 4.65. The lowest BCUT2D eigenvalue weighted by Crippen LogP contribution is -2.30. The molecule has 2 heterocycles. The maximum atomic E-state index is 13.0. The summed E-state index contributed by atoms with van der Waals surface area (Å²) in [4.78, 5) is 14.5. The van der Waals surface area contributed by atoms with Gasteiger partial charge in [-0.15, -0.1) is 0 Å². The molecule has 0 saturated carbocycles. The van der Waals surface area contributed by atoms with Gasteiger partial charge in [-0.3, -0.25) is 9.69 Å². The second-order valence-electron chi connectivity index (χ2n) is 6.34. The largest absolute Gasteiger partial charge is 0.496 e. The number of aryl methyl sites for hydroxylation is 2. The number of nitrogens with one attached hydrogen (secondary N) is 1. The first kappa shape index (κ1) is 17.4. The van der Waals surface area contributed by atoms with Crippen molar-refractivity contribution in [2.75, 3.05) is 18.8 Å². The smallest absolute Gasteiger partial charge is 0.281 e. The number of nitrogens with zero attached hydrogens (tertiary/aromatic N) is 1. The fourth-order valence-corrected chi connectivity index (χ4v) is 3.32. The summed E-state index contributed by atoms with van der Waals surface area (Å²) in [6, 6.07) is 9.34. The number of benzene rings is 2. The Morgan fingerprint density at radius 3 is 2.59 bits per heavy atom. The third kappa shape index (κ3) is 3.00. The van der Waals surface area contributed by atoms with E-state index in [0.29, 0.717) is 33.6 Å². The summed E-state index contributed by atoms with van der Waals surface area (Å²) in [7, 11) is 1.56. The number of anilines is 1. The van der Waals surface area contributed by atoms with Gasteiger partial charge in [0.25, 0.3) is 5.91 Å². The van der Waals surface area contributed by atoms with Gasteiger partial charge < -0.3 is 19.5 Å². The lowest BCUT2D eigenvalue weighted by atomic mass is 10.1. The average molecular weight is 382 g/mol. The minimum Gasteiger partial charge on any atom is -0.496 e. The van der Waals surface area contributed by atoms with Crippen LogP contribution in [0.15, 0.2) is 36.0 Å². The lowest BCUT2D eigenvalue weighted by Gasteiger charge is -2.15. The molecule has 2 aliphatic rings. The number of amides is 1. The van der Waals surface area contributed by atoms with Gasteiger partial charge in [0.15, 0.2) is 16.6 Å². The standard InChI is InChI=1S/C20H18N2O4S/c1-11-4-5-14(6-12(11)2)22-19(23)15(21-20(22)27)7-13-8-17-18(26-10-25-17)9-16(13)24-3/h4-9H,10H2,1-3H3,(H,21,27)/b15-7-. The van der Waals surface area contributed by atoms with Crippen LogP contribution in [0, 0.1) is 13.8 Å². The molecule has 1 N–H and O–H groups in total. The number of ether oxygens (including phenoxy) is 3. The Morgan fingerprint density at radius 2 is 1.89 bits per heavy atom. The molecule has 1 fully saturated rings. The molecular weight excluding hydrogens is 364 g/mol. The fraction of sp³-hybridized carbons (Fsp3) is 0.200. The van der Waals surface area contributed by atoms with Crippen LogP contribution in [-0.2, 0) is 4.79 Å². The van der Waals surface area contributed by atoms with Crippen LogP contribution < -0.4 is 24.4 Å². The second-order valence-corrected chi connectivity index (χ2v) is 6.73. The first-order chi connectivity index (χ1) is 13.0. The first-order valence-corrected chi connectivity index (χ1v) is 8.81. The molecule has 4 rings (SSSR count). The molecule has 0 atom stereocenters. The van der Waals surface area contributed by atoms with Crippen molar-refractivity contribution in [1.29, 1.82) is 0 Å². The molecule has 6 nitrogen and oxygen atoms in total. The lowest BCUT2D eigenvalue weighted by molar-refractivity contribution is -0.113. The summed E-state index contributed by atoms with van der Waals surface area (Å²) >= 11 is 5.39.